The zero-order chi connectivity index (χ0) is 15.2. The lowest BCUT2D eigenvalue weighted by Gasteiger charge is -2.22. The first kappa shape index (κ1) is 15.2. The Balaban J connectivity index is 2.27. The summed E-state index contributed by atoms with van der Waals surface area (Å²) in [5.74, 6) is 1.20. The van der Waals surface area contributed by atoms with Gasteiger partial charge in [0.2, 0.25) is 5.65 Å². The highest BCUT2D eigenvalue weighted by molar-refractivity contribution is 5.71. The van der Waals surface area contributed by atoms with Gasteiger partial charge in [0.1, 0.15) is 5.82 Å². The van der Waals surface area contributed by atoms with Crippen molar-refractivity contribution >= 4 is 17.4 Å². The Morgan fingerprint density at radius 3 is 2.86 bits per heavy atom. The summed E-state index contributed by atoms with van der Waals surface area (Å²) in [6.07, 6.45) is 3.77. The second-order valence-electron chi connectivity index (χ2n) is 4.50. The molecule has 0 unspecified atom stereocenters. The van der Waals surface area contributed by atoms with Crippen LogP contribution in [-0.2, 0) is 14.3 Å². The fraction of sp³-hybridized carbons (Fsp3) is 0.538. The van der Waals surface area contributed by atoms with Gasteiger partial charge in [0, 0.05) is 32.6 Å². The Kier molecular flexibility index (Phi) is 5.04. The Morgan fingerprint density at radius 2 is 2.14 bits per heavy atom. The second kappa shape index (κ2) is 6.98. The predicted molar refractivity (Wildman–Crippen MR) is 76.2 cm³/mol. The third-order valence-electron chi connectivity index (χ3n) is 3.16. The molecule has 0 radical (unpaired) electrons. The summed E-state index contributed by atoms with van der Waals surface area (Å²) in [7, 11) is 3.01. The highest BCUT2D eigenvalue weighted by Gasteiger charge is 2.16. The van der Waals surface area contributed by atoms with E-state index in [0.29, 0.717) is 31.2 Å². The van der Waals surface area contributed by atoms with Crippen LogP contribution in [0.1, 0.15) is 12.2 Å². The minimum Gasteiger partial charge on any atom is -0.469 e. The molecule has 0 aliphatic heterocycles. The molecule has 2 rings (SSSR count). The van der Waals surface area contributed by atoms with Crippen LogP contribution in [0.2, 0.25) is 0 Å². The number of aryl methyl sites for hydroxylation is 1. The number of hydrogen-bond acceptors (Lipinski definition) is 7. The lowest BCUT2D eigenvalue weighted by atomic mass is 10.3. The molecular weight excluding hydrogens is 274 g/mol. The zero-order valence-electron chi connectivity index (χ0n) is 12.4. The average Bonchev–Trinajstić information content (AvgIpc) is 2.89. The van der Waals surface area contributed by atoms with Crippen molar-refractivity contribution in [1.82, 2.24) is 19.6 Å². The van der Waals surface area contributed by atoms with Crippen molar-refractivity contribution in [2.24, 2.45) is 0 Å². The van der Waals surface area contributed by atoms with E-state index in [9.17, 15) is 4.79 Å². The lowest BCUT2D eigenvalue weighted by molar-refractivity contribution is -0.140. The molecule has 0 amide bonds. The number of carbonyl (C=O) groups is 1. The highest BCUT2D eigenvalue weighted by Crippen LogP contribution is 2.17. The van der Waals surface area contributed by atoms with Gasteiger partial charge < -0.3 is 14.4 Å². The molecule has 0 aliphatic rings. The molecule has 2 heterocycles. The molecule has 0 spiro atoms. The Bertz CT molecular complexity index is 613. The highest BCUT2D eigenvalue weighted by atomic mass is 16.5. The molecule has 21 heavy (non-hydrogen) atoms. The fourth-order valence-corrected chi connectivity index (χ4v) is 2.01. The van der Waals surface area contributed by atoms with E-state index in [2.05, 4.69) is 19.9 Å². The van der Waals surface area contributed by atoms with Crippen LogP contribution < -0.4 is 4.90 Å². The number of methoxy groups -OCH3 is 2. The van der Waals surface area contributed by atoms with E-state index < -0.39 is 0 Å². The summed E-state index contributed by atoms with van der Waals surface area (Å²) in [6, 6.07) is 0. The maximum Gasteiger partial charge on any atom is 0.307 e. The number of esters is 1. The summed E-state index contributed by atoms with van der Waals surface area (Å²) in [5.41, 5.74) is 0.663. The first-order valence-corrected chi connectivity index (χ1v) is 6.64. The molecule has 0 aliphatic carbocycles. The van der Waals surface area contributed by atoms with Crippen molar-refractivity contribution < 1.29 is 14.3 Å². The van der Waals surface area contributed by atoms with Crippen molar-refractivity contribution in [2.45, 2.75) is 13.3 Å². The number of carbonyl (C=O) groups excluding carboxylic acids is 1. The minimum atomic E-state index is -0.262. The van der Waals surface area contributed by atoms with Crippen LogP contribution in [0, 0.1) is 6.92 Å². The quantitative estimate of drug-likeness (QED) is 0.685. The van der Waals surface area contributed by atoms with E-state index in [1.807, 2.05) is 22.4 Å². The summed E-state index contributed by atoms with van der Waals surface area (Å²) < 4.78 is 11.7. The molecule has 2 aromatic heterocycles. The van der Waals surface area contributed by atoms with E-state index in [1.165, 1.54) is 7.11 Å². The molecule has 0 atom stereocenters. The van der Waals surface area contributed by atoms with E-state index in [1.54, 1.807) is 13.3 Å². The smallest absolute Gasteiger partial charge is 0.307 e. The van der Waals surface area contributed by atoms with Crippen LogP contribution in [0.3, 0.4) is 0 Å². The van der Waals surface area contributed by atoms with Gasteiger partial charge in [-0.2, -0.15) is 0 Å². The maximum atomic E-state index is 11.4. The van der Waals surface area contributed by atoms with Gasteiger partial charge in [-0.05, 0) is 6.92 Å². The van der Waals surface area contributed by atoms with E-state index >= 15 is 0 Å². The Hall–Kier alpha value is -2.22. The summed E-state index contributed by atoms with van der Waals surface area (Å²) >= 11 is 0. The molecule has 8 heteroatoms. The predicted octanol–water partition coefficient (Wildman–Crippen LogP) is 0.449. The van der Waals surface area contributed by atoms with Crippen molar-refractivity contribution in [3.05, 3.63) is 18.2 Å². The average molecular weight is 293 g/mol. The van der Waals surface area contributed by atoms with Crippen LogP contribution in [0.5, 0.6) is 0 Å². The SMILES string of the molecule is COCCN(CCC(=O)OC)c1nccn2c(C)nnc12. The molecule has 2 aromatic rings. The monoisotopic (exact) mass is 293 g/mol. The molecule has 0 bridgehead atoms. The summed E-state index contributed by atoms with van der Waals surface area (Å²) in [4.78, 5) is 17.7. The van der Waals surface area contributed by atoms with Crippen LogP contribution in [0.15, 0.2) is 12.4 Å². The topological polar surface area (TPSA) is 81.8 Å². The minimum absolute atomic E-state index is 0.262. The maximum absolute atomic E-state index is 11.4. The first-order chi connectivity index (χ1) is 10.2. The van der Waals surface area contributed by atoms with Crippen molar-refractivity contribution in [3.63, 3.8) is 0 Å². The summed E-state index contributed by atoms with van der Waals surface area (Å²) in [6.45, 7) is 3.48. The molecule has 8 nitrogen and oxygen atoms in total. The van der Waals surface area contributed by atoms with Gasteiger partial charge in [-0.15, -0.1) is 10.2 Å². The molecule has 0 N–H and O–H groups in total. The number of hydrogen-bond donors (Lipinski definition) is 0. The van der Waals surface area contributed by atoms with Gasteiger partial charge in [0.15, 0.2) is 5.82 Å². The van der Waals surface area contributed by atoms with Crippen LogP contribution in [0.25, 0.3) is 5.65 Å². The molecular formula is C13H19N5O3. The summed E-state index contributed by atoms with van der Waals surface area (Å²) in [5, 5.41) is 8.20. The largest absolute Gasteiger partial charge is 0.469 e. The van der Waals surface area contributed by atoms with Gasteiger partial charge in [-0.25, -0.2) is 4.98 Å². The van der Waals surface area contributed by atoms with Crippen molar-refractivity contribution in [2.75, 3.05) is 38.8 Å². The van der Waals surface area contributed by atoms with Crippen LogP contribution >= 0.6 is 0 Å². The van der Waals surface area contributed by atoms with Gasteiger partial charge in [-0.3, -0.25) is 9.20 Å². The van der Waals surface area contributed by atoms with Crippen LogP contribution in [0.4, 0.5) is 5.82 Å². The lowest BCUT2D eigenvalue weighted by Crippen LogP contribution is -2.31. The number of fused-ring (bicyclic) bond motifs is 1. The number of rotatable bonds is 7. The molecule has 0 saturated carbocycles. The van der Waals surface area contributed by atoms with E-state index in [-0.39, 0.29) is 12.4 Å². The second-order valence-corrected chi connectivity index (χ2v) is 4.50. The zero-order valence-corrected chi connectivity index (χ0v) is 12.4. The molecule has 0 fully saturated rings. The molecule has 114 valence electrons. The fourth-order valence-electron chi connectivity index (χ4n) is 2.01. The van der Waals surface area contributed by atoms with Crippen LogP contribution in [-0.4, -0.2) is 59.5 Å². The number of nitrogens with zero attached hydrogens (tertiary/aromatic N) is 5. The Morgan fingerprint density at radius 1 is 1.33 bits per heavy atom. The third kappa shape index (κ3) is 3.46. The van der Waals surface area contributed by atoms with Crippen molar-refractivity contribution in [1.29, 1.82) is 0 Å². The van der Waals surface area contributed by atoms with E-state index in [4.69, 9.17) is 4.74 Å². The van der Waals surface area contributed by atoms with E-state index in [0.717, 1.165) is 5.82 Å². The van der Waals surface area contributed by atoms with Gasteiger partial charge in [0.25, 0.3) is 0 Å². The number of anilines is 1. The standard InChI is InChI=1S/C13H19N5O3/c1-10-15-16-13-12(14-5-7-18(10)13)17(8-9-20-2)6-4-11(19)21-3/h5,7H,4,6,8-9H2,1-3H3. The number of aromatic nitrogens is 4. The van der Waals surface area contributed by atoms with Gasteiger partial charge in [-0.1, -0.05) is 0 Å². The molecule has 0 aromatic carbocycles. The number of ether oxygens (including phenoxy) is 2. The van der Waals surface area contributed by atoms with Gasteiger partial charge in [0.05, 0.1) is 20.1 Å². The van der Waals surface area contributed by atoms with Gasteiger partial charge >= 0.3 is 5.97 Å². The Labute approximate surface area is 122 Å². The first-order valence-electron chi connectivity index (χ1n) is 6.64. The normalized spacial score (nSPS) is 10.8. The molecule has 0 saturated heterocycles. The van der Waals surface area contributed by atoms with Crippen molar-refractivity contribution in [3.8, 4) is 0 Å². The third-order valence-corrected chi connectivity index (χ3v) is 3.16.